The SMILES string of the molecule is COc1nc2ccc(C)cc2cc1/C(=C(/CCN(C)C)c1ccsc1)c1ccccc1. The van der Waals surface area contributed by atoms with Gasteiger partial charge in [-0.2, -0.15) is 11.3 Å². The first-order chi connectivity index (χ1) is 15.1. The molecule has 3 nitrogen and oxygen atoms in total. The van der Waals surface area contributed by atoms with Gasteiger partial charge in [0, 0.05) is 17.5 Å². The van der Waals surface area contributed by atoms with E-state index in [1.165, 1.54) is 27.8 Å². The lowest BCUT2D eigenvalue weighted by atomic mass is 9.88. The summed E-state index contributed by atoms with van der Waals surface area (Å²) in [7, 11) is 5.95. The monoisotopic (exact) mass is 428 g/mol. The maximum atomic E-state index is 5.83. The van der Waals surface area contributed by atoms with Crippen molar-refractivity contribution in [3.05, 3.63) is 93.7 Å². The van der Waals surface area contributed by atoms with Crippen molar-refractivity contribution in [2.75, 3.05) is 27.7 Å². The number of aromatic nitrogens is 1. The molecule has 0 amide bonds. The Kier molecular flexibility index (Phi) is 6.50. The summed E-state index contributed by atoms with van der Waals surface area (Å²) in [6, 6.07) is 21.4. The molecule has 0 N–H and O–H groups in total. The maximum absolute atomic E-state index is 5.83. The minimum atomic E-state index is 0.660. The molecule has 2 heterocycles. The lowest BCUT2D eigenvalue weighted by Gasteiger charge is -2.20. The Balaban J connectivity index is 2.05. The minimum absolute atomic E-state index is 0.660. The Hall–Kier alpha value is -2.95. The van der Waals surface area contributed by atoms with E-state index in [1.807, 2.05) is 0 Å². The third kappa shape index (κ3) is 4.71. The van der Waals surface area contributed by atoms with Crippen LogP contribution in [0, 0.1) is 6.92 Å². The van der Waals surface area contributed by atoms with E-state index in [2.05, 4.69) is 97.3 Å². The molecule has 0 fully saturated rings. The second-order valence-electron chi connectivity index (χ2n) is 8.03. The number of rotatable bonds is 7. The van der Waals surface area contributed by atoms with E-state index in [0.29, 0.717) is 5.88 Å². The van der Waals surface area contributed by atoms with Crippen LogP contribution in [-0.4, -0.2) is 37.6 Å². The average molecular weight is 429 g/mol. The quantitative estimate of drug-likeness (QED) is 0.335. The number of hydrogen-bond donors (Lipinski definition) is 0. The predicted molar refractivity (Wildman–Crippen MR) is 133 cm³/mol. The Labute approximate surface area is 188 Å². The van der Waals surface area contributed by atoms with E-state index >= 15 is 0 Å². The van der Waals surface area contributed by atoms with Gasteiger partial charge in [0.2, 0.25) is 5.88 Å². The molecule has 0 aliphatic rings. The summed E-state index contributed by atoms with van der Waals surface area (Å²) >= 11 is 1.73. The molecule has 4 rings (SSSR count). The predicted octanol–water partition coefficient (Wildman–Crippen LogP) is 6.52. The van der Waals surface area contributed by atoms with Crippen molar-refractivity contribution >= 4 is 33.4 Å². The Morgan fingerprint density at radius 2 is 1.81 bits per heavy atom. The van der Waals surface area contributed by atoms with Gasteiger partial charge in [-0.3, -0.25) is 0 Å². The number of ether oxygens (including phenoxy) is 1. The second kappa shape index (κ2) is 9.46. The van der Waals surface area contributed by atoms with Crippen LogP contribution in [0.25, 0.3) is 22.0 Å². The molecule has 0 bridgehead atoms. The first kappa shape index (κ1) is 21.3. The molecule has 4 aromatic rings. The van der Waals surface area contributed by atoms with Crippen LogP contribution < -0.4 is 4.74 Å². The first-order valence-corrected chi connectivity index (χ1v) is 11.4. The van der Waals surface area contributed by atoms with Crippen LogP contribution in [0.2, 0.25) is 0 Å². The Bertz CT molecular complexity index is 1190. The van der Waals surface area contributed by atoms with Crippen molar-refractivity contribution < 1.29 is 4.74 Å². The molecular formula is C27H28N2OS. The first-order valence-electron chi connectivity index (χ1n) is 10.5. The van der Waals surface area contributed by atoms with E-state index < -0.39 is 0 Å². The third-order valence-electron chi connectivity index (χ3n) is 5.44. The molecule has 0 aliphatic carbocycles. The normalized spacial score (nSPS) is 12.3. The smallest absolute Gasteiger partial charge is 0.221 e. The summed E-state index contributed by atoms with van der Waals surface area (Å²) in [4.78, 5) is 7.11. The van der Waals surface area contributed by atoms with Gasteiger partial charge >= 0.3 is 0 Å². The summed E-state index contributed by atoms with van der Waals surface area (Å²) in [5, 5.41) is 5.51. The lowest BCUT2D eigenvalue weighted by molar-refractivity contribution is 0.398. The van der Waals surface area contributed by atoms with Crippen LogP contribution in [0.15, 0.2) is 71.4 Å². The van der Waals surface area contributed by atoms with Crippen LogP contribution in [0.4, 0.5) is 0 Å². The summed E-state index contributed by atoms with van der Waals surface area (Å²) in [6.07, 6.45) is 0.934. The fourth-order valence-corrected chi connectivity index (χ4v) is 4.57. The molecule has 31 heavy (non-hydrogen) atoms. The fourth-order valence-electron chi connectivity index (χ4n) is 3.90. The van der Waals surface area contributed by atoms with Crippen molar-refractivity contribution in [2.45, 2.75) is 13.3 Å². The van der Waals surface area contributed by atoms with Crippen molar-refractivity contribution in [1.29, 1.82) is 0 Å². The number of thiophene rings is 1. The summed E-state index contributed by atoms with van der Waals surface area (Å²) in [5.41, 5.74) is 8.14. The highest BCUT2D eigenvalue weighted by Crippen LogP contribution is 2.39. The van der Waals surface area contributed by atoms with Gasteiger partial charge in [0.1, 0.15) is 0 Å². The lowest BCUT2D eigenvalue weighted by Crippen LogP contribution is -2.14. The van der Waals surface area contributed by atoms with Crippen molar-refractivity contribution in [2.24, 2.45) is 0 Å². The van der Waals surface area contributed by atoms with E-state index in [4.69, 9.17) is 9.72 Å². The standard InChI is InChI=1S/C27H28N2OS/c1-19-10-11-25-22(16-19)17-24(27(28-25)30-4)26(20-8-6-5-7-9-20)23(12-14-29(2)3)21-13-15-31-18-21/h5-11,13,15-18H,12,14H2,1-4H3/b26-23-. The summed E-state index contributed by atoms with van der Waals surface area (Å²) in [5.74, 6) is 0.660. The topological polar surface area (TPSA) is 25.4 Å². The molecular weight excluding hydrogens is 400 g/mol. The van der Waals surface area contributed by atoms with Gasteiger partial charge in [-0.25, -0.2) is 4.98 Å². The van der Waals surface area contributed by atoms with E-state index in [0.717, 1.165) is 29.4 Å². The number of benzene rings is 2. The van der Waals surface area contributed by atoms with Crippen molar-refractivity contribution in [1.82, 2.24) is 9.88 Å². The minimum Gasteiger partial charge on any atom is -0.481 e. The van der Waals surface area contributed by atoms with Gasteiger partial charge < -0.3 is 9.64 Å². The largest absolute Gasteiger partial charge is 0.481 e. The molecule has 0 saturated heterocycles. The number of hydrogen-bond acceptors (Lipinski definition) is 4. The van der Waals surface area contributed by atoms with Gasteiger partial charge in [-0.15, -0.1) is 0 Å². The van der Waals surface area contributed by atoms with Gasteiger partial charge in [-0.05, 0) is 84.7 Å². The highest BCUT2D eigenvalue weighted by molar-refractivity contribution is 7.08. The number of fused-ring (bicyclic) bond motifs is 1. The Morgan fingerprint density at radius 1 is 1.00 bits per heavy atom. The number of methoxy groups -OCH3 is 1. The van der Waals surface area contributed by atoms with Gasteiger partial charge in [0.15, 0.2) is 0 Å². The molecule has 0 spiro atoms. The van der Waals surface area contributed by atoms with Crippen LogP contribution in [0.5, 0.6) is 5.88 Å². The van der Waals surface area contributed by atoms with E-state index in [9.17, 15) is 0 Å². The molecule has 0 radical (unpaired) electrons. The fraction of sp³-hybridized carbons (Fsp3) is 0.222. The van der Waals surface area contributed by atoms with E-state index in [1.54, 1.807) is 18.4 Å². The van der Waals surface area contributed by atoms with Crippen molar-refractivity contribution in [3.8, 4) is 5.88 Å². The molecule has 0 atom stereocenters. The van der Waals surface area contributed by atoms with Crippen LogP contribution in [0.3, 0.4) is 0 Å². The van der Waals surface area contributed by atoms with Gasteiger partial charge in [0.05, 0.1) is 12.6 Å². The highest BCUT2D eigenvalue weighted by Gasteiger charge is 2.20. The molecule has 0 saturated carbocycles. The third-order valence-corrected chi connectivity index (χ3v) is 6.12. The maximum Gasteiger partial charge on any atom is 0.221 e. The van der Waals surface area contributed by atoms with Crippen LogP contribution in [0.1, 0.15) is 28.7 Å². The number of pyridine rings is 1. The molecule has 158 valence electrons. The van der Waals surface area contributed by atoms with Crippen LogP contribution in [-0.2, 0) is 0 Å². The van der Waals surface area contributed by atoms with Crippen LogP contribution >= 0.6 is 11.3 Å². The highest BCUT2D eigenvalue weighted by atomic mass is 32.1. The number of nitrogens with zero attached hydrogens (tertiary/aromatic N) is 2. The van der Waals surface area contributed by atoms with Gasteiger partial charge in [-0.1, -0.05) is 42.0 Å². The molecule has 2 aromatic heterocycles. The molecule has 0 aliphatic heterocycles. The zero-order valence-corrected chi connectivity index (χ0v) is 19.4. The number of aryl methyl sites for hydroxylation is 1. The summed E-state index contributed by atoms with van der Waals surface area (Å²) < 4.78 is 5.83. The van der Waals surface area contributed by atoms with Gasteiger partial charge in [0.25, 0.3) is 0 Å². The second-order valence-corrected chi connectivity index (χ2v) is 8.81. The Morgan fingerprint density at radius 3 is 2.48 bits per heavy atom. The summed E-state index contributed by atoms with van der Waals surface area (Å²) in [6.45, 7) is 3.08. The molecule has 4 heteroatoms. The van der Waals surface area contributed by atoms with E-state index in [-0.39, 0.29) is 0 Å². The van der Waals surface area contributed by atoms with Crippen molar-refractivity contribution in [3.63, 3.8) is 0 Å². The average Bonchev–Trinajstić information content (AvgIpc) is 3.31. The molecule has 2 aromatic carbocycles. The zero-order valence-electron chi connectivity index (χ0n) is 18.6. The molecule has 0 unspecified atom stereocenters. The zero-order chi connectivity index (χ0) is 21.8.